The lowest BCUT2D eigenvalue weighted by atomic mass is 9.84. The highest BCUT2D eigenvalue weighted by molar-refractivity contribution is 6.04. The van der Waals surface area contributed by atoms with E-state index in [1.807, 2.05) is 19.1 Å². The molecule has 1 saturated heterocycles. The van der Waals surface area contributed by atoms with Gasteiger partial charge in [0.1, 0.15) is 18.1 Å². The molecular formula is C29H40FN3O5. The average molecular weight is 530 g/mol. The molecule has 3 rings (SSSR count). The number of nitrogens with zero attached hydrogens (tertiary/aromatic N) is 2. The molecule has 2 aromatic rings. The lowest BCUT2D eigenvalue weighted by Gasteiger charge is -2.33. The van der Waals surface area contributed by atoms with Crippen LogP contribution in [0.5, 0.6) is 17.2 Å². The number of ether oxygens (including phenoxy) is 4. The third-order valence-electron chi connectivity index (χ3n) is 6.38. The van der Waals surface area contributed by atoms with Gasteiger partial charge in [-0.2, -0.15) is 0 Å². The molecule has 38 heavy (non-hydrogen) atoms. The Kier molecular flexibility index (Phi) is 9.60. The number of methoxy groups -OCH3 is 1. The molecule has 8 nitrogen and oxygen atoms in total. The number of carbonyl (C=O) groups excluding carboxylic acids is 1. The van der Waals surface area contributed by atoms with Crippen molar-refractivity contribution in [1.29, 1.82) is 0 Å². The van der Waals surface area contributed by atoms with Crippen molar-refractivity contribution in [3.63, 3.8) is 0 Å². The Hall–Kier alpha value is -3.33. The third kappa shape index (κ3) is 6.38. The second-order valence-electron chi connectivity index (χ2n) is 10.1. The molecule has 1 heterocycles. The minimum absolute atomic E-state index is 0.0143. The zero-order valence-corrected chi connectivity index (χ0v) is 23.6. The maximum Gasteiger partial charge on any atom is 0.197 e. The third-order valence-corrected chi connectivity index (χ3v) is 6.38. The van der Waals surface area contributed by atoms with Crippen molar-refractivity contribution < 1.29 is 28.1 Å². The van der Waals surface area contributed by atoms with E-state index in [1.54, 1.807) is 27.0 Å². The molecular weight excluding hydrogens is 489 g/mol. The summed E-state index contributed by atoms with van der Waals surface area (Å²) in [6.07, 6.45) is 0. The van der Waals surface area contributed by atoms with Crippen LogP contribution in [0, 0.1) is 12.7 Å². The normalized spacial score (nSPS) is 14.4. The van der Waals surface area contributed by atoms with Crippen LogP contribution < -0.4 is 24.8 Å². The van der Waals surface area contributed by atoms with E-state index in [2.05, 4.69) is 30.7 Å². The van der Waals surface area contributed by atoms with Gasteiger partial charge in [0.05, 0.1) is 44.8 Å². The van der Waals surface area contributed by atoms with Gasteiger partial charge in [0.2, 0.25) is 0 Å². The Morgan fingerprint density at radius 3 is 2.34 bits per heavy atom. The van der Waals surface area contributed by atoms with E-state index in [4.69, 9.17) is 24.7 Å². The van der Waals surface area contributed by atoms with E-state index in [0.717, 1.165) is 17.0 Å². The lowest BCUT2D eigenvalue weighted by Crippen LogP contribution is -2.37. The van der Waals surface area contributed by atoms with Crippen LogP contribution >= 0.6 is 0 Å². The summed E-state index contributed by atoms with van der Waals surface area (Å²) in [6.45, 7) is 14.5. The van der Waals surface area contributed by atoms with Gasteiger partial charge in [0.15, 0.2) is 23.1 Å². The van der Waals surface area contributed by atoms with Crippen LogP contribution in [0.4, 0.5) is 10.1 Å². The van der Waals surface area contributed by atoms with Gasteiger partial charge in [0.25, 0.3) is 0 Å². The lowest BCUT2D eigenvalue weighted by molar-refractivity contribution is 0.100. The Bertz CT molecular complexity index is 1180. The number of carbonyl (C=O) groups is 1. The van der Waals surface area contributed by atoms with Crippen LogP contribution in [0.2, 0.25) is 0 Å². The fourth-order valence-electron chi connectivity index (χ4n) is 4.50. The van der Waals surface area contributed by atoms with Crippen molar-refractivity contribution in [3.8, 4) is 17.2 Å². The SMILES string of the molecule is CCOc1cc(C)c(C(N)=NCC(=O)c2cc(N3CCOCC3)c(OC)c(C(C)(C)C)c2)c(F)c1OCC. The van der Waals surface area contributed by atoms with E-state index >= 15 is 4.39 Å². The summed E-state index contributed by atoms with van der Waals surface area (Å²) in [5.74, 6) is 0.0765. The predicted molar refractivity (Wildman–Crippen MR) is 148 cm³/mol. The first-order valence-corrected chi connectivity index (χ1v) is 13.0. The first kappa shape index (κ1) is 29.2. The summed E-state index contributed by atoms with van der Waals surface area (Å²) in [5.41, 5.74) is 8.84. The molecule has 0 unspecified atom stereocenters. The molecule has 2 N–H and O–H groups in total. The number of aryl methyl sites for hydroxylation is 1. The fourth-order valence-corrected chi connectivity index (χ4v) is 4.50. The molecule has 1 fully saturated rings. The van der Waals surface area contributed by atoms with Gasteiger partial charge in [-0.1, -0.05) is 20.8 Å². The topological polar surface area (TPSA) is 95.6 Å². The van der Waals surface area contributed by atoms with Gasteiger partial charge in [-0.3, -0.25) is 9.79 Å². The summed E-state index contributed by atoms with van der Waals surface area (Å²) in [6, 6.07) is 5.36. The summed E-state index contributed by atoms with van der Waals surface area (Å²) in [7, 11) is 1.64. The average Bonchev–Trinajstić information content (AvgIpc) is 2.88. The number of rotatable bonds is 10. The summed E-state index contributed by atoms with van der Waals surface area (Å²) in [5, 5.41) is 0. The highest BCUT2D eigenvalue weighted by atomic mass is 19.1. The number of ketones is 1. The number of hydrogen-bond acceptors (Lipinski definition) is 7. The number of halogens is 1. The number of benzene rings is 2. The molecule has 0 aromatic heterocycles. The minimum Gasteiger partial charge on any atom is -0.494 e. The van der Waals surface area contributed by atoms with Crippen LogP contribution in [-0.4, -0.2) is 64.8 Å². The van der Waals surface area contributed by atoms with E-state index in [-0.39, 0.29) is 41.5 Å². The van der Waals surface area contributed by atoms with Crippen LogP contribution in [-0.2, 0) is 10.2 Å². The fraction of sp³-hybridized carbons (Fsp3) is 0.517. The zero-order valence-electron chi connectivity index (χ0n) is 23.6. The highest BCUT2D eigenvalue weighted by Crippen LogP contribution is 2.40. The standard InChI is InChI=1S/C29H40FN3O5/c1-8-37-23-14-18(3)24(25(30)27(23)38-9-2)28(31)32-17-22(34)19-15-20(29(4,5)6)26(35-7)21(16-19)33-10-12-36-13-11-33/h14-16H,8-13,17H2,1-7H3,(H2,31,32). The number of nitrogens with two attached hydrogens (primary N) is 1. The first-order chi connectivity index (χ1) is 18.0. The number of anilines is 1. The van der Waals surface area contributed by atoms with Gasteiger partial charge < -0.3 is 29.6 Å². The zero-order chi connectivity index (χ0) is 28.0. The van der Waals surface area contributed by atoms with Crippen molar-refractivity contribution in [1.82, 2.24) is 0 Å². The number of Topliss-reactive ketones (excluding diaryl/α,β-unsaturated/α-hetero) is 1. The highest BCUT2D eigenvalue weighted by Gasteiger charge is 2.27. The molecule has 208 valence electrons. The molecule has 0 atom stereocenters. The largest absolute Gasteiger partial charge is 0.494 e. The van der Waals surface area contributed by atoms with Crippen molar-refractivity contribution >= 4 is 17.3 Å². The van der Waals surface area contributed by atoms with E-state index < -0.39 is 5.82 Å². The molecule has 9 heteroatoms. The molecule has 1 aliphatic rings. The van der Waals surface area contributed by atoms with Crippen LogP contribution in [0.15, 0.2) is 23.2 Å². The number of morpholine rings is 1. The Morgan fingerprint density at radius 2 is 1.76 bits per heavy atom. The summed E-state index contributed by atoms with van der Waals surface area (Å²) < 4.78 is 37.8. The second kappa shape index (κ2) is 12.5. The van der Waals surface area contributed by atoms with Gasteiger partial charge in [-0.15, -0.1) is 0 Å². The molecule has 0 aliphatic carbocycles. The monoisotopic (exact) mass is 529 g/mol. The van der Waals surface area contributed by atoms with Crippen molar-refractivity contribution in [2.75, 3.05) is 58.1 Å². The molecule has 0 radical (unpaired) electrons. The van der Waals surface area contributed by atoms with Crippen LogP contribution in [0.25, 0.3) is 0 Å². The van der Waals surface area contributed by atoms with Crippen LogP contribution in [0.3, 0.4) is 0 Å². The van der Waals surface area contributed by atoms with Gasteiger partial charge in [-0.05, 0) is 49.9 Å². The van der Waals surface area contributed by atoms with Gasteiger partial charge in [0, 0.05) is 24.2 Å². The van der Waals surface area contributed by atoms with Crippen molar-refractivity contribution in [2.24, 2.45) is 10.7 Å². The molecule has 0 spiro atoms. The second-order valence-corrected chi connectivity index (χ2v) is 10.1. The predicted octanol–water partition coefficient (Wildman–Crippen LogP) is 4.66. The maximum absolute atomic E-state index is 15.4. The van der Waals surface area contributed by atoms with Crippen molar-refractivity contribution in [3.05, 3.63) is 46.3 Å². The first-order valence-electron chi connectivity index (χ1n) is 13.0. The molecule has 0 bridgehead atoms. The van der Waals surface area contributed by atoms with E-state index in [0.29, 0.717) is 49.8 Å². The molecule has 1 aliphatic heterocycles. The quantitative estimate of drug-likeness (QED) is 0.272. The van der Waals surface area contributed by atoms with Gasteiger partial charge >= 0.3 is 0 Å². The smallest absolute Gasteiger partial charge is 0.197 e. The Balaban J connectivity index is 1.99. The molecule has 0 saturated carbocycles. The number of amidine groups is 1. The number of aliphatic imine (C=N–C) groups is 1. The minimum atomic E-state index is -0.655. The Morgan fingerprint density at radius 1 is 1.11 bits per heavy atom. The molecule has 2 aromatic carbocycles. The van der Waals surface area contributed by atoms with E-state index in [9.17, 15) is 4.79 Å². The summed E-state index contributed by atoms with van der Waals surface area (Å²) >= 11 is 0. The van der Waals surface area contributed by atoms with E-state index in [1.165, 1.54) is 0 Å². The summed E-state index contributed by atoms with van der Waals surface area (Å²) in [4.78, 5) is 19.8. The maximum atomic E-state index is 15.4. The Labute approximate surface area is 224 Å². The molecule has 0 amide bonds. The van der Waals surface area contributed by atoms with Crippen molar-refractivity contribution in [2.45, 2.75) is 47.0 Å². The number of hydrogen-bond donors (Lipinski definition) is 1. The van der Waals surface area contributed by atoms with Crippen LogP contribution in [0.1, 0.15) is 61.7 Å². The van der Waals surface area contributed by atoms with Gasteiger partial charge in [-0.25, -0.2) is 4.39 Å².